The molecule has 6 heteroatoms. The Morgan fingerprint density at radius 2 is 2.12 bits per heavy atom. The molecule has 2 heterocycles. The van der Waals surface area contributed by atoms with E-state index >= 15 is 0 Å². The molecule has 1 aromatic rings. The second kappa shape index (κ2) is 4.20. The van der Waals surface area contributed by atoms with E-state index in [0.29, 0.717) is 18.2 Å². The molecule has 1 amide bonds. The number of carbonyl (C=O) groups excluding carboxylic acids is 1. The summed E-state index contributed by atoms with van der Waals surface area (Å²) in [6.07, 6.45) is 0.776. The topological polar surface area (TPSA) is 98.1 Å². The number of aryl methyl sites for hydroxylation is 1. The van der Waals surface area contributed by atoms with Gasteiger partial charge in [0.05, 0.1) is 5.92 Å². The smallest absolute Gasteiger partial charge is 0.222 e. The van der Waals surface area contributed by atoms with E-state index in [9.17, 15) is 4.79 Å². The molecule has 0 radical (unpaired) electrons. The fourth-order valence-corrected chi connectivity index (χ4v) is 2.13. The van der Waals surface area contributed by atoms with E-state index in [1.807, 2.05) is 6.92 Å². The Morgan fingerprint density at radius 3 is 2.71 bits per heavy atom. The van der Waals surface area contributed by atoms with Crippen LogP contribution >= 0.6 is 0 Å². The lowest BCUT2D eigenvalue weighted by Gasteiger charge is -2.20. The van der Waals surface area contributed by atoms with Crippen LogP contribution in [0.2, 0.25) is 0 Å². The van der Waals surface area contributed by atoms with Gasteiger partial charge in [-0.1, -0.05) is 0 Å². The van der Waals surface area contributed by atoms with Crippen LogP contribution < -0.4 is 16.4 Å². The number of hydrogen-bond donors (Lipinski definition) is 2. The van der Waals surface area contributed by atoms with Crippen molar-refractivity contribution in [3.63, 3.8) is 0 Å². The third-order valence-corrected chi connectivity index (χ3v) is 3.16. The number of anilines is 2. The fraction of sp³-hybridized carbons (Fsp3) is 0.545. The number of aromatic nitrogens is 2. The summed E-state index contributed by atoms with van der Waals surface area (Å²) in [5.74, 6) is 1.62. The van der Waals surface area contributed by atoms with E-state index < -0.39 is 0 Å². The summed E-state index contributed by atoms with van der Waals surface area (Å²) in [6, 6.07) is 0. The molecule has 1 saturated heterocycles. The molecular weight excluding hydrogens is 218 g/mol. The average Bonchev–Trinajstić information content (AvgIpc) is 2.72. The molecule has 1 aliphatic heterocycles. The van der Waals surface area contributed by atoms with Crippen LogP contribution in [0.1, 0.15) is 17.8 Å². The molecule has 1 fully saturated rings. The first-order valence-corrected chi connectivity index (χ1v) is 5.64. The average molecular weight is 235 g/mol. The van der Waals surface area contributed by atoms with Crippen LogP contribution in [0.25, 0.3) is 0 Å². The molecule has 0 aliphatic carbocycles. The van der Waals surface area contributed by atoms with Gasteiger partial charge in [0.15, 0.2) is 0 Å². The number of rotatable bonds is 2. The van der Waals surface area contributed by atoms with Gasteiger partial charge in [-0.2, -0.15) is 0 Å². The molecule has 1 aliphatic rings. The molecule has 1 atom stereocenters. The SMILES string of the molecule is Cc1nc(N)c(C)c(N2CCC(C(N)=O)C2)n1. The van der Waals surface area contributed by atoms with Gasteiger partial charge in [-0.15, -0.1) is 0 Å². The highest BCUT2D eigenvalue weighted by molar-refractivity contribution is 5.78. The lowest BCUT2D eigenvalue weighted by molar-refractivity contribution is -0.121. The summed E-state index contributed by atoms with van der Waals surface area (Å²) in [5.41, 5.74) is 12.0. The van der Waals surface area contributed by atoms with Crippen molar-refractivity contribution in [2.24, 2.45) is 11.7 Å². The first-order valence-electron chi connectivity index (χ1n) is 5.64. The summed E-state index contributed by atoms with van der Waals surface area (Å²) in [5, 5.41) is 0. The maximum atomic E-state index is 11.1. The Kier molecular flexibility index (Phi) is 2.87. The van der Waals surface area contributed by atoms with E-state index in [1.54, 1.807) is 6.92 Å². The lowest BCUT2D eigenvalue weighted by Crippen LogP contribution is -2.28. The van der Waals surface area contributed by atoms with Crippen molar-refractivity contribution in [2.45, 2.75) is 20.3 Å². The van der Waals surface area contributed by atoms with Crippen molar-refractivity contribution in [3.05, 3.63) is 11.4 Å². The highest BCUT2D eigenvalue weighted by Crippen LogP contribution is 2.27. The number of carbonyl (C=O) groups is 1. The largest absolute Gasteiger partial charge is 0.383 e. The molecule has 1 unspecified atom stereocenters. The highest BCUT2D eigenvalue weighted by Gasteiger charge is 2.28. The molecule has 4 N–H and O–H groups in total. The third-order valence-electron chi connectivity index (χ3n) is 3.16. The van der Waals surface area contributed by atoms with Crippen LogP contribution in [-0.4, -0.2) is 29.0 Å². The quantitative estimate of drug-likeness (QED) is 0.751. The predicted octanol–water partition coefficient (Wildman–Crippen LogP) is -0.0128. The molecule has 2 rings (SSSR count). The van der Waals surface area contributed by atoms with Gasteiger partial charge in [-0.05, 0) is 20.3 Å². The lowest BCUT2D eigenvalue weighted by atomic mass is 10.1. The van der Waals surface area contributed by atoms with Crippen molar-refractivity contribution in [3.8, 4) is 0 Å². The van der Waals surface area contributed by atoms with Gasteiger partial charge in [0.1, 0.15) is 17.5 Å². The second-order valence-electron chi connectivity index (χ2n) is 4.44. The van der Waals surface area contributed by atoms with Crippen LogP contribution in [0.15, 0.2) is 0 Å². The Labute approximate surface area is 100 Å². The number of nitrogen functional groups attached to an aromatic ring is 1. The molecule has 0 aromatic carbocycles. The van der Waals surface area contributed by atoms with Crippen LogP contribution in [-0.2, 0) is 4.79 Å². The van der Waals surface area contributed by atoms with E-state index in [1.165, 1.54) is 0 Å². The van der Waals surface area contributed by atoms with Crippen molar-refractivity contribution in [1.29, 1.82) is 0 Å². The number of hydrogen-bond acceptors (Lipinski definition) is 5. The second-order valence-corrected chi connectivity index (χ2v) is 4.44. The van der Waals surface area contributed by atoms with Crippen LogP contribution in [0.3, 0.4) is 0 Å². The van der Waals surface area contributed by atoms with Crippen LogP contribution in [0.5, 0.6) is 0 Å². The Balaban J connectivity index is 2.27. The zero-order chi connectivity index (χ0) is 12.6. The van der Waals surface area contributed by atoms with Gasteiger partial charge in [0.25, 0.3) is 0 Å². The van der Waals surface area contributed by atoms with Gasteiger partial charge in [-0.3, -0.25) is 4.79 Å². The van der Waals surface area contributed by atoms with Gasteiger partial charge < -0.3 is 16.4 Å². The zero-order valence-corrected chi connectivity index (χ0v) is 10.1. The molecule has 0 bridgehead atoms. The highest BCUT2D eigenvalue weighted by atomic mass is 16.1. The Bertz CT molecular complexity index is 459. The number of nitrogens with zero attached hydrogens (tertiary/aromatic N) is 3. The zero-order valence-electron chi connectivity index (χ0n) is 10.1. The summed E-state index contributed by atoms with van der Waals surface area (Å²) in [4.78, 5) is 21.7. The monoisotopic (exact) mass is 235 g/mol. The van der Waals surface area contributed by atoms with Crippen molar-refractivity contribution in [2.75, 3.05) is 23.7 Å². The molecule has 92 valence electrons. The van der Waals surface area contributed by atoms with Crippen molar-refractivity contribution < 1.29 is 4.79 Å². The first kappa shape index (κ1) is 11.6. The summed E-state index contributed by atoms with van der Waals surface area (Å²) >= 11 is 0. The summed E-state index contributed by atoms with van der Waals surface area (Å²) < 4.78 is 0. The number of primary amides is 1. The van der Waals surface area contributed by atoms with Gasteiger partial charge in [0, 0.05) is 18.7 Å². The van der Waals surface area contributed by atoms with Crippen LogP contribution in [0, 0.1) is 19.8 Å². The standard InChI is InChI=1S/C11H17N5O/c1-6-9(12)14-7(2)15-11(6)16-4-3-8(5-16)10(13)17/h8H,3-5H2,1-2H3,(H2,13,17)(H2,12,14,15). The minimum Gasteiger partial charge on any atom is -0.383 e. The van der Waals surface area contributed by atoms with E-state index in [0.717, 1.165) is 24.3 Å². The third kappa shape index (κ3) is 2.15. The van der Waals surface area contributed by atoms with E-state index in [4.69, 9.17) is 11.5 Å². The number of amides is 1. The maximum absolute atomic E-state index is 11.1. The molecule has 0 spiro atoms. The van der Waals surface area contributed by atoms with E-state index in [-0.39, 0.29) is 11.8 Å². The maximum Gasteiger partial charge on any atom is 0.222 e. The Hall–Kier alpha value is -1.85. The van der Waals surface area contributed by atoms with Crippen molar-refractivity contribution >= 4 is 17.5 Å². The molecule has 1 aromatic heterocycles. The number of nitrogens with two attached hydrogens (primary N) is 2. The molecule has 6 nitrogen and oxygen atoms in total. The minimum absolute atomic E-state index is 0.0918. The first-order chi connectivity index (χ1) is 7.99. The van der Waals surface area contributed by atoms with Gasteiger partial charge in [-0.25, -0.2) is 9.97 Å². The van der Waals surface area contributed by atoms with Crippen LogP contribution in [0.4, 0.5) is 11.6 Å². The van der Waals surface area contributed by atoms with Gasteiger partial charge in [0.2, 0.25) is 5.91 Å². The fourth-order valence-electron chi connectivity index (χ4n) is 2.13. The van der Waals surface area contributed by atoms with Gasteiger partial charge >= 0.3 is 0 Å². The normalized spacial score (nSPS) is 19.6. The molecular formula is C11H17N5O. The predicted molar refractivity (Wildman–Crippen MR) is 65.4 cm³/mol. The molecule has 0 saturated carbocycles. The summed E-state index contributed by atoms with van der Waals surface area (Å²) in [7, 11) is 0. The molecule has 17 heavy (non-hydrogen) atoms. The summed E-state index contributed by atoms with van der Waals surface area (Å²) in [6.45, 7) is 5.10. The Morgan fingerprint density at radius 1 is 1.41 bits per heavy atom. The van der Waals surface area contributed by atoms with E-state index in [2.05, 4.69) is 14.9 Å². The minimum atomic E-state index is -0.246. The van der Waals surface area contributed by atoms with Crippen molar-refractivity contribution in [1.82, 2.24) is 9.97 Å².